The van der Waals surface area contributed by atoms with E-state index in [9.17, 15) is 9.00 Å². The van der Waals surface area contributed by atoms with Gasteiger partial charge in [-0.25, -0.2) is 0 Å². The maximum atomic E-state index is 11.7. The van der Waals surface area contributed by atoms with Gasteiger partial charge in [0.2, 0.25) is 5.91 Å². The van der Waals surface area contributed by atoms with Crippen LogP contribution in [0, 0.1) is 6.92 Å². The number of carbonyl (C=O) groups is 1. The number of benzene rings is 1. The van der Waals surface area contributed by atoms with Crippen LogP contribution in [0.4, 0.5) is 11.4 Å². The predicted octanol–water partition coefficient (Wildman–Crippen LogP) is 2.45. The number of hydrogen-bond acceptors (Lipinski definition) is 3. The van der Waals surface area contributed by atoms with Gasteiger partial charge in [0.15, 0.2) is 0 Å². The van der Waals surface area contributed by atoms with Crippen molar-refractivity contribution in [3.05, 3.63) is 23.8 Å². The van der Waals surface area contributed by atoms with E-state index in [2.05, 4.69) is 12.2 Å². The van der Waals surface area contributed by atoms with E-state index in [-0.39, 0.29) is 11.7 Å². The van der Waals surface area contributed by atoms with Crippen LogP contribution in [0.15, 0.2) is 18.2 Å². The molecule has 4 nitrogen and oxygen atoms in total. The molecule has 0 aliphatic rings. The Balaban J connectivity index is 2.42. The molecule has 0 saturated carbocycles. The lowest BCUT2D eigenvalue weighted by molar-refractivity contribution is -0.113. The van der Waals surface area contributed by atoms with E-state index in [0.717, 1.165) is 24.8 Å². The number of rotatable bonds is 7. The number of nitrogens with two attached hydrogens (primary N) is 1. The summed E-state index contributed by atoms with van der Waals surface area (Å²) in [6, 6.07) is 5.36. The van der Waals surface area contributed by atoms with Crippen LogP contribution in [0.2, 0.25) is 0 Å². The van der Waals surface area contributed by atoms with E-state index in [1.54, 1.807) is 12.1 Å². The van der Waals surface area contributed by atoms with E-state index < -0.39 is 10.8 Å². The van der Waals surface area contributed by atoms with E-state index >= 15 is 0 Å². The van der Waals surface area contributed by atoms with Gasteiger partial charge in [0.1, 0.15) is 5.75 Å². The molecule has 0 spiro atoms. The molecule has 0 fully saturated rings. The molecule has 0 aliphatic heterocycles. The van der Waals surface area contributed by atoms with E-state index in [1.807, 2.05) is 13.0 Å². The Bertz CT molecular complexity index is 461. The Labute approximate surface area is 117 Å². The van der Waals surface area contributed by atoms with Crippen LogP contribution in [0.25, 0.3) is 0 Å². The summed E-state index contributed by atoms with van der Waals surface area (Å²) in [5.74, 6) is 0.424. The van der Waals surface area contributed by atoms with Crippen molar-refractivity contribution in [3.63, 3.8) is 0 Å². The van der Waals surface area contributed by atoms with Gasteiger partial charge in [0, 0.05) is 27.9 Å². The Kier molecular flexibility index (Phi) is 6.56. The standard InChI is InChI=1S/C14H22N2O2S/c1-3-4-5-8-19(18)10-14(17)16-12-7-6-11(2)13(15)9-12/h6-7,9H,3-5,8,10,15H2,1-2H3,(H,16,17). The lowest BCUT2D eigenvalue weighted by atomic mass is 10.2. The maximum absolute atomic E-state index is 11.7. The van der Waals surface area contributed by atoms with Crippen LogP contribution in [-0.4, -0.2) is 21.6 Å². The Morgan fingerprint density at radius 2 is 2.11 bits per heavy atom. The fourth-order valence-corrected chi connectivity index (χ4v) is 2.68. The monoisotopic (exact) mass is 282 g/mol. The number of carbonyl (C=O) groups excluding carboxylic acids is 1. The highest BCUT2D eigenvalue weighted by molar-refractivity contribution is 7.85. The molecule has 0 radical (unpaired) electrons. The van der Waals surface area contributed by atoms with Crippen LogP contribution in [0.1, 0.15) is 31.7 Å². The van der Waals surface area contributed by atoms with Crippen molar-refractivity contribution >= 4 is 28.1 Å². The smallest absolute Gasteiger partial charge is 0.236 e. The van der Waals surface area contributed by atoms with Crippen molar-refractivity contribution < 1.29 is 9.00 Å². The zero-order chi connectivity index (χ0) is 14.3. The molecule has 1 unspecified atom stereocenters. The summed E-state index contributed by atoms with van der Waals surface area (Å²) in [7, 11) is -1.08. The van der Waals surface area contributed by atoms with Gasteiger partial charge in [0.25, 0.3) is 0 Å². The van der Waals surface area contributed by atoms with Crippen molar-refractivity contribution in [1.29, 1.82) is 0 Å². The molecule has 5 heteroatoms. The molecule has 1 rings (SSSR count). The third-order valence-electron chi connectivity index (χ3n) is 2.83. The summed E-state index contributed by atoms with van der Waals surface area (Å²) >= 11 is 0. The van der Waals surface area contributed by atoms with Crippen LogP contribution in [0.3, 0.4) is 0 Å². The van der Waals surface area contributed by atoms with Gasteiger partial charge in [-0.2, -0.15) is 0 Å². The molecular formula is C14H22N2O2S. The first-order valence-electron chi connectivity index (χ1n) is 6.54. The van der Waals surface area contributed by atoms with Gasteiger partial charge < -0.3 is 11.1 Å². The van der Waals surface area contributed by atoms with Crippen LogP contribution >= 0.6 is 0 Å². The van der Waals surface area contributed by atoms with Crippen molar-refractivity contribution in [1.82, 2.24) is 0 Å². The lowest BCUT2D eigenvalue weighted by Gasteiger charge is -2.07. The Morgan fingerprint density at radius 3 is 2.74 bits per heavy atom. The minimum Gasteiger partial charge on any atom is -0.398 e. The predicted molar refractivity (Wildman–Crippen MR) is 81.6 cm³/mol. The van der Waals surface area contributed by atoms with E-state index in [0.29, 0.717) is 17.1 Å². The zero-order valence-electron chi connectivity index (χ0n) is 11.6. The van der Waals surface area contributed by atoms with Gasteiger partial charge in [-0.1, -0.05) is 25.8 Å². The molecule has 1 aromatic carbocycles. The van der Waals surface area contributed by atoms with Crippen LogP contribution in [0.5, 0.6) is 0 Å². The highest BCUT2D eigenvalue weighted by atomic mass is 32.2. The second kappa shape index (κ2) is 7.94. The average molecular weight is 282 g/mol. The number of anilines is 2. The molecule has 0 saturated heterocycles. The first-order chi connectivity index (χ1) is 9.02. The zero-order valence-corrected chi connectivity index (χ0v) is 12.4. The summed E-state index contributed by atoms with van der Waals surface area (Å²) in [6.07, 6.45) is 3.06. The first kappa shape index (κ1) is 15.7. The number of unbranched alkanes of at least 4 members (excludes halogenated alkanes) is 2. The highest BCUT2D eigenvalue weighted by Gasteiger charge is 2.08. The Morgan fingerprint density at radius 1 is 1.37 bits per heavy atom. The van der Waals surface area contributed by atoms with Crippen molar-refractivity contribution in [2.75, 3.05) is 22.6 Å². The fraction of sp³-hybridized carbons (Fsp3) is 0.500. The lowest BCUT2D eigenvalue weighted by Crippen LogP contribution is -2.20. The summed E-state index contributed by atoms with van der Waals surface area (Å²) in [4.78, 5) is 11.7. The topological polar surface area (TPSA) is 72.2 Å². The van der Waals surface area contributed by atoms with Crippen molar-refractivity contribution in [2.45, 2.75) is 33.1 Å². The molecule has 3 N–H and O–H groups in total. The first-order valence-corrected chi connectivity index (χ1v) is 8.02. The van der Waals surface area contributed by atoms with Crippen LogP contribution < -0.4 is 11.1 Å². The SMILES string of the molecule is CCCCCS(=O)CC(=O)Nc1ccc(C)c(N)c1. The van der Waals surface area contributed by atoms with Gasteiger partial charge in [-0.05, 0) is 31.0 Å². The minimum atomic E-state index is -1.08. The molecule has 0 aromatic heterocycles. The molecule has 0 aliphatic carbocycles. The quantitative estimate of drug-likeness (QED) is 0.596. The highest BCUT2D eigenvalue weighted by Crippen LogP contribution is 2.16. The largest absolute Gasteiger partial charge is 0.398 e. The molecule has 19 heavy (non-hydrogen) atoms. The Hall–Kier alpha value is -1.36. The van der Waals surface area contributed by atoms with E-state index in [4.69, 9.17) is 5.73 Å². The third kappa shape index (κ3) is 5.87. The number of hydrogen-bond donors (Lipinski definition) is 2. The summed E-state index contributed by atoms with van der Waals surface area (Å²) < 4.78 is 11.7. The summed E-state index contributed by atoms with van der Waals surface area (Å²) in [5, 5.41) is 2.72. The third-order valence-corrected chi connectivity index (χ3v) is 4.16. The number of aryl methyl sites for hydroxylation is 1. The second-order valence-electron chi connectivity index (χ2n) is 4.61. The van der Waals surface area contributed by atoms with Gasteiger partial charge >= 0.3 is 0 Å². The average Bonchev–Trinajstić information content (AvgIpc) is 2.34. The molecule has 1 atom stereocenters. The number of amides is 1. The van der Waals surface area contributed by atoms with Crippen LogP contribution in [-0.2, 0) is 15.6 Å². The summed E-state index contributed by atoms with van der Waals surface area (Å²) in [6.45, 7) is 4.00. The van der Waals surface area contributed by atoms with Gasteiger partial charge in [0.05, 0.1) is 0 Å². The van der Waals surface area contributed by atoms with Gasteiger partial charge in [-0.15, -0.1) is 0 Å². The molecule has 0 bridgehead atoms. The molecule has 1 aromatic rings. The fourth-order valence-electron chi connectivity index (χ4n) is 1.65. The molecule has 0 heterocycles. The number of nitrogen functional groups attached to an aromatic ring is 1. The summed E-state index contributed by atoms with van der Waals surface area (Å²) in [5.41, 5.74) is 8.03. The molecule has 106 valence electrons. The second-order valence-corrected chi connectivity index (χ2v) is 6.19. The van der Waals surface area contributed by atoms with Crippen molar-refractivity contribution in [3.8, 4) is 0 Å². The number of nitrogens with one attached hydrogen (secondary N) is 1. The molecular weight excluding hydrogens is 260 g/mol. The van der Waals surface area contributed by atoms with Gasteiger partial charge in [-0.3, -0.25) is 9.00 Å². The minimum absolute atomic E-state index is 0.0531. The normalized spacial score (nSPS) is 12.1. The maximum Gasteiger partial charge on any atom is 0.236 e. The van der Waals surface area contributed by atoms with E-state index in [1.165, 1.54) is 0 Å². The molecule has 1 amide bonds. The van der Waals surface area contributed by atoms with Crippen molar-refractivity contribution in [2.24, 2.45) is 0 Å².